The van der Waals surface area contributed by atoms with Gasteiger partial charge in [0.05, 0.1) is 5.41 Å². The smallest absolute Gasteiger partial charge is 0.266 e. The van der Waals surface area contributed by atoms with Crippen molar-refractivity contribution in [3.8, 4) is 11.5 Å². The van der Waals surface area contributed by atoms with Crippen LogP contribution in [0.4, 0.5) is 0 Å². The number of nitrogens with zero attached hydrogens (tertiary/aromatic N) is 1. The minimum absolute atomic E-state index is 0.118. The zero-order valence-corrected chi connectivity index (χ0v) is 19.0. The minimum atomic E-state index is -0.864. The summed E-state index contributed by atoms with van der Waals surface area (Å²) in [5, 5.41) is 18.8. The van der Waals surface area contributed by atoms with Gasteiger partial charge in [0, 0.05) is 13.0 Å². The molecule has 1 fully saturated rings. The third-order valence-electron chi connectivity index (χ3n) is 6.48. The number of phenolic OH excluding ortho intramolecular Hbond substituents is 1. The summed E-state index contributed by atoms with van der Waals surface area (Å²) >= 11 is 0. The highest BCUT2D eigenvalue weighted by atomic mass is 16.5. The van der Waals surface area contributed by atoms with E-state index < -0.39 is 17.4 Å². The highest BCUT2D eigenvalue weighted by Crippen LogP contribution is 2.37. The maximum atomic E-state index is 13.5. The lowest BCUT2D eigenvalue weighted by molar-refractivity contribution is -0.143. The predicted octanol–water partition coefficient (Wildman–Crippen LogP) is 3.58. The van der Waals surface area contributed by atoms with E-state index in [0.29, 0.717) is 25.3 Å². The van der Waals surface area contributed by atoms with Crippen LogP contribution in [0.15, 0.2) is 78.9 Å². The molecule has 34 heavy (non-hydrogen) atoms. The molecular formula is C27H28N2O5. The first kappa shape index (κ1) is 23.3. The van der Waals surface area contributed by atoms with Crippen molar-refractivity contribution in [1.82, 2.24) is 10.4 Å². The Labute approximate surface area is 198 Å². The van der Waals surface area contributed by atoms with Crippen LogP contribution in [0.1, 0.15) is 30.0 Å². The number of likely N-dealkylation sites (tertiary alicyclic amines) is 1. The molecule has 176 valence electrons. The van der Waals surface area contributed by atoms with E-state index in [0.717, 1.165) is 16.7 Å². The number of hydroxylamine groups is 1. The van der Waals surface area contributed by atoms with Crippen LogP contribution < -0.4 is 10.2 Å². The fourth-order valence-corrected chi connectivity index (χ4v) is 4.37. The van der Waals surface area contributed by atoms with E-state index >= 15 is 0 Å². The Bertz CT molecular complexity index is 1130. The molecule has 0 saturated carbocycles. The number of carbonyl (C=O) groups is 2. The standard InChI is InChI=1S/C27H28N2O5/c1-27(21-9-13-23(14-10-21)34-18-20-5-3-2-4-6-20)15-16-29(26(27)32)24(25(31)28-33)17-19-7-11-22(30)12-8-19/h2-14,24,30,33H,15-18H2,1H3,(H,28,31). The van der Waals surface area contributed by atoms with Crippen molar-refractivity contribution in [1.29, 1.82) is 0 Å². The number of benzene rings is 3. The van der Waals surface area contributed by atoms with Crippen LogP contribution in [0.3, 0.4) is 0 Å². The minimum Gasteiger partial charge on any atom is -0.508 e. The molecule has 2 amide bonds. The number of rotatable bonds is 8. The van der Waals surface area contributed by atoms with Crippen LogP contribution >= 0.6 is 0 Å². The van der Waals surface area contributed by atoms with Crippen LogP contribution in [0, 0.1) is 0 Å². The first-order valence-corrected chi connectivity index (χ1v) is 11.2. The first-order valence-electron chi connectivity index (χ1n) is 11.2. The summed E-state index contributed by atoms with van der Waals surface area (Å²) in [5.41, 5.74) is 3.60. The Balaban J connectivity index is 1.48. The highest BCUT2D eigenvalue weighted by Gasteiger charge is 2.47. The predicted molar refractivity (Wildman–Crippen MR) is 126 cm³/mol. The lowest BCUT2D eigenvalue weighted by Gasteiger charge is -2.29. The molecule has 2 unspecified atom stereocenters. The molecule has 2 atom stereocenters. The molecule has 7 heteroatoms. The van der Waals surface area contributed by atoms with Crippen molar-refractivity contribution in [3.63, 3.8) is 0 Å². The lowest BCUT2D eigenvalue weighted by atomic mass is 9.81. The van der Waals surface area contributed by atoms with Gasteiger partial charge in [-0.15, -0.1) is 0 Å². The summed E-state index contributed by atoms with van der Waals surface area (Å²) in [6.45, 7) is 2.72. The fourth-order valence-electron chi connectivity index (χ4n) is 4.37. The largest absolute Gasteiger partial charge is 0.508 e. The van der Waals surface area contributed by atoms with Crippen molar-refractivity contribution in [3.05, 3.63) is 95.6 Å². The number of hydrogen-bond acceptors (Lipinski definition) is 5. The lowest BCUT2D eigenvalue weighted by Crippen LogP contribution is -2.50. The van der Waals surface area contributed by atoms with E-state index in [1.54, 1.807) is 17.6 Å². The summed E-state index contributed by atoms with van der Waals surface area (Å²) in [7, 11) is 0. The molecule has 0 radical (unpaired) electrons. The normalized spacial score (nSPS) is 18.5. The average molecular weight is 461 g/mol. The maximum absolute atomic E-state index is 13.5. The molecule has 1 aliphatic heterocycles. The summed E-state index contributed by atoms with van der Waals surface area (Å²) < 4.78 is 5.86. The molecule has 0 spiro atoms. The zero-order valence-electron chi connectivity index (χ0n) is 19.0. The van der Waals surface area contributed by atoms with Crippen molar-refractivity contribution >= 4 is 11.8 Å². The molecular weight excluding hydrogens is 432 g/mol. The fraction of sp³-hybridized carbons (Fsp3) is 0.259. The summed E-state index contributed by atoms with van der Waals surface area (Å²) in [6.07, 6.45) is 0.765. The second kappa shape index (κ2) is 9.97. The van der Waals surface area contributed by atoms with Gasteiger partial charge in [-0.25, -0.2) is 5.48 Å². The van der Waals surface area contributed by atoms with Gasteiger partial charge in [0.25, 0.3) is 5.91 Å². The van der Waals surface area contributed by atoms with Gasteiger partial charge in [0.15, 0.2) is 0 Å². The number of aromatic hydroxyl groups is 1. The zero-order chi connectivity index (χ0) is 24.1. The van der Waals surface area contributed by atoms with Gasteiger partial charge in [-0.05, 0) is 54.3 Å². The molecule has 0 aliphatic carbocycles. The number of hydrogen-bond donors (Lipinski definition) is 3. The van der Waals surface area contributed by atoms with Gasteiger partial charge < -0.3 is 14.7 Å². The summed E-state index contributed by atoms with van der Waals surface area (Å²) in [6, 6.07) is 23.0. The molecule has 3 N–H and O–H groups in total. The SMILES string of the molecule is CC1(c2ccc(OCc3ccccc3)cc2)CCN(C(Cc2ccc(O)cc2)C(=O)NO)C1=O. The quantitative estimate of drug-likeness (QED) is 0.353. The van der Waals surface area contributed by atoms with Crippen molar-refractivity contribution in [2.75, 3.05) is 6.54 Å². The molecule has 0 aromatic heterocycles. The van der Waals surface area contributed by atoms with Gasteiger partial charge in [-0.2, -0.15) is 0 Å². The van der Waals surface area contributed by atoms with E-state index in [4.69, 9.17) is 4.74 Å². The Morgan fingerprint density at radius 2 is 1.71 bits per heavy atom. The van der Waals surface area contributed by atoms with Crippen LogP contribution in [0.2, 0.25) is 0 Å². The second-order valence-corrected chi connectivity index (χ2v) is 8.74. The topological polar surface area (TPSA) is 99.1 Å². The molecule has 3 aromatic carbocycles. The van der Waals surface area contributed by atoms with E-state index in [1.807, 2.05) is 61.5 Å². The van der Waals surface area contributed by atoms with E-state index in [1.165, 1.54) is 17.0 Å². The van der Waals surface area contributed by atoms with Gasteiger partial charge in [0.1, 0.15) is 24.1 Å². The molecule has 1 heterocycles. The number of amides is 2. The Morgan fingerprint density at radius 3 is 2.35 bits per heavy atom. The van der Waals surface area contributed by atoms with Crippen molar-refractivity contribution in [2.24, 2.45) is 0 Å². The summed E-state index contributed by atoms with van der Waals surface area (Å²) in [4.78, 5) is 27.5. The first-order chi connectivity index (χ1) is 16.4. The van der Waals surface area contributed by atoms with Gasteiger partial charge in [0.2, 0.25) is 5.91 Å². The third-order valence-corrected chi connectivity index (χ3v) is 6.48. The molecule has 3 aromatic rings. The molecule has 4 rings (SSSR count). The average Bonchev–Trinajstić information content (AvgIpc) is 3.18. The number of carbonyl (C=O) groups excluding carboxylic acids is 2. The Hall–Kier alpha value is -3.84. The van der Waals surface area contributed by atoms with Gasteiger partial charge >= 0.3 is 0 Å². The second-order valence-electron chi connectivity index (χ2n) is 8.74. The third kappa shape index (κ3) is 4.89. The van der Waals surface area contributed by atoms with E-state index in [2.05, 4.69) is 0 Å². The van der Waals surface area contributed by atoms with E-state index in [-0.39, 0.29) is 18.1 Å². The maximum Gasteiger partial charge on any atom is 0.266 e. The Morgan fingerprint density at radius 1 is 1.03 bits per heavy atom. The van der Waals surface area contributed by atoms with Gasteiger partial charge in [-0.1, -0.05) is 54.6 Å². The monoisotopic (exact) mass is 460 g/mol. The van der Waals surface area contributed by atoms with Gasteiger partial charge in [-0.3, -0.25) is 14.8 Å². The molecule has 1 aliphatic rings. The highest BCUT2D eigenvalue weighted by molar-refractivity contribution is 5.94. The van der Waals surface area contributed by atoms with Crippen molar-refractivity contribution in [2.45, 2.75) is 37.8 Å². The van der Waals surface area contributed by atoms with Crippen LogP contribution in [-0.4, -0.2) is 39.6 Å². The number of phenols is 1. The van der Waals surface area contributed by atoms with E-state index in [9.17, 15) is 19.9 Å². The number of ether oxygens (including phenoxy) is 1. The number of nitrogens with one attached hydrogen (secondary N) is 1. The molecule has 0 bridgehead atoms. The van der Waals surface area contributed by atoms with Crippen LogP contribution in [0.5, 0.6) is 11.5 Å². The van der Waals surface area contributed by atoms with Crippen LogP contribution in [-0.2, 0) is 28.0 Å². The van der Waals surface area contributed by atoms with Crippen molar-refractivity contribution < 1.29 is 24.6 Å². The summed E-state index contributed by atoms with van der Waals surface area (Å²) in [5.74, 6) is 0.0180. The molecule has 7 nitrogen and oxygen atoms in total. The van der Waals surface area contributed by atoms with Crippen LogP contribution in [0.25, 0.3) is 0 Å². The molecule has 1 saturated heterocycles. The Kier molecular flexibility index (Phi) is 6.84.